The van der Waals surface area contributed by atoms with Crippen LogP contribution in [0.2, 0.25) is 0 Å². The minimum atomic E-state index is -0.0512. The number of hydrogen-bond acceptors (Lipinski definition) is 4. The molecular weight excluding hydrogens is 210 g/mol. The highest BCUT2D eigenvalue weighted by atomic mass is 32.1. The number of nitrogens with one attached hydrogen (secondary N) is 1. The van der Waals surface area contributed by atoms with Crippen LogP contribution in [0.25, 0.3) is 0 Å². The van der Waals surface area contributed by atoms with E-state index in [4.69, 9.17) is 0 Å². The molecule has 0 bridgehead atoms. The Hall–Kier alpha value is -0.940. The summed E-state index contributed by atoms with van der Waals surface area (Å²) in [4.78, 5) is 17.9. The zero-order valence-corrected chi connectivity index (χ0v) is 9.75. The Morgan fingerprint density at radius 3 is 2.93 bits per heavy atom. The van der Waals surface area contributed by atoms with E-state index in [1.807, 2.05) is 0 Å². The van der Waals surface area contributed by atoms with Gasteiger partial charge in [-0.1, -0.05) is 0 Å². The third-order valence-electron chi connectivity index (χ3n) is 2.64. The summed E-state index contributed by atoms with van der Waals surface area (Å²) in [6.45, 7) is 6.23. The van der Waals surface area contributed by atoms with Gasteiger partial charge in [-0.2, -0.15) is 0 Å². The summed E-state index contributed by atoms with van der Waals surface area (Å²) in [5.41, 5.74) is 2.21. The molecule has 1 aromatic rings. The van der Waals surface area contributed by atoms with Gasteiger partial charge in [0.1, 0.15) is 5.69 Å². The molecule has 2 rings (SSSR count). The summed E-state index contributed by atoms with van der Waals surface area (Å²) in [6.07, 6.45) is 0. The first-order valence-corrected chi connectivity index (χ1v) is 6.04. The zero-order valence-electron chi connectivity index (χ0n) is 8.93. The maximum Gasteiger partial charge on any atom is 0.271 e. The van der Waals surface area contributed by atoms with E-state index in [2.05, 4.69) is 29.0 Å². The monoisotopic (exact) mass is 225 g/mol. The molecule has 0 aliphatic carbocycles. The number of amides is 1. The van der Waals surface area contributed by atoms with E-state index < -0.39 is 0 Å². The Balaban J connectivity index is 1.78. The van der Waals surface area contributed by atoms with Crippen molar-refractivity contribution >= 4 is 17.2 Å². The molecule has 0 radical (unpaired) electrons. The molecule has 1 fully saturated rings. The Kier molecular flexibility index (Phi) is 3.02. The van der Waals surface area contributed by atoms with Crippen molar-refractivity contribution in [1.82, 2.24) is 15.2 Å². The lowest BCUT2D eigenvalue weighted by molar-refractivity contribution is 0.0710. The Labute approximate surface area is 93.3 Å². The Morgan fingerprint density at radius 1 is 1.67 bits per heavy atom. The van der Waals surface area contributed by atoms with Crippen LogP contribution >= 0.6 is 11.3 Å². The van der Waals surface area contributed by atoms with Gasteiger partial charge in [-0.15, -0.1) is 11.3 Å². The van der Waals surface area contributed by atoms with Gasteiger partial charge in [-0.25, -0.2) is 4.98 Å². The van der Waals surface area contributed by atoms with Gasteiger partial charge in [-0.3, -0.25) is 9.69 Å². The first kappa shape index (κ1) is 10.6. The molecule has 1 amide bonds. The number of likely N-dealkylation sites (tertiary alicyclic amines) is 1. The number of carbonyl (C=O) groups is 1. The molecule has 1 aliphatic rings. The number of rotatable bonds is 3. The summed E-state index contributed by atoms with van der Waals surface area (Å²) in [6, 6.07) is 0.860. The van der Waals surface area contributed by atoms with E-state index in [0.29, 0.717) is 17.8 Å². The molecule has 1 saturated heterocycles. The molecule has 0 unspecified atom stereocenters. The van der Waals surface area contributed by atoms with Crippen LogP contribution in [0, 0.1) is 0 Å². The normalized spacial score (nSPS) is 17.8. The number of hydrogen-bond donors (Lipinski definition) is 1. The van der Waals surface area contributed by atoms with Crippen molar-refractivity contribution in [1.29, 1.82) is 0 Å². The Morgan fingerprint density at radius 2 is 2.40 bits per heavy atom. The quantitative estimate of drug-likeness (QED) is 0.833. The van der Waals surface area contributed by atoms with E-state index in [9.17, 15) is 4.79 Å². The van der Waals surface area contributed by atoms with Gasteiger partial charge in [0.05, 0.1) is 11.6 Å². The molecule has 0 spiro atoms. The van der Waals surface area contributed by atoms with Crippen LogP contribution in [0.5, 0.6) is 0 Å². The highest BCUT2D eigenvalue weighted by molar-refractivity contribution is 7.07. The minimum absolute atomic E-state index is 0.0512. The highest BCUT2D eigenvalue weighted by Gasteiger charge is 2.29. The molecular formula is C10H15N3OS. The van der Waals surface area contributed by atoms with Gasteiger partial charge >= 0.3 is 0 Å². The van der Waals surface area contributed by atoms with Crippen molar-refractivity contribution in [3.63, 3.8) is 0 Å². The average Bonchev–Trinajstić information content (AvgIpc) is 2.61. The van der Waals surface area contributed by atoms with Crippen molar-refractivity contribution in [2.24, 2.45) is 0 Å². The fourth-order valence-electron chi connectivity index (χ4n) is 1.61. The molecule has 0 atom stereocenters. The minimum Gasteiger partial charge on any atom is -0.345 e. The number of carbonyl (C=O) groups excluding carboxylic acids is 1. The average molecular weight is 225 g/mol. The molecule has 15 heavy (non-hydrogen) atoms. The predicted octanol–water partition coefficient (Wildman–Crippen LogP) is 0.965. The van der Waals surface area contributed by atoms with Crippen LogP contribution in [0.15, 0.2) is 10.9 Å². The summed E-state index contributed by atoms with van der Waals surface area (Å²) in [5, 5.41) is 4.74. The van der Waals surface area contributed by atoms with Gasteiger partial charge in [0.15, 0.2) is 0 Å². The van der Waals surface area contributed by atoms with Gasteiger partial charge in [0.25, 0.3) is 5.91 Å². The van der Waals surface area contributed by atoms with Crippen molar-refractivity contribution in [2.75, 3.05) is 13.1 Å². The van der Waals surface area contributed by atoms with Gasteiger partial charge in [0.2, 0.25) is 0 Å². The molecule has 0 aromatic carbocycles. The summed E-state index contributed by atoms with van der Waals surface area (Å²) in [5.74, 6) is -0.0512. The third kappa shape index (κ3) is 2.35. The lowest BCUT2D eigenvalue weighted by atomic mass is 10.1. The largest absolute Gasteiger partial charge is 0.345 e. The van der Waals surface area contributed by atoms with E-state index in [-0.39, 0.29) is 5.91 Å². The molecule has 1 N–H and O–H groups in total. The first-order chi connectivity index (χ1) is 7.16. The Bertz CT molecular complexity index is 330. The van der Waals surface area contributed by atoms with Crippen molar-refractivity contribution < 1.29 is 4.79 Å². The summed E-state index contributed by atoms with van der Waals surface area (Å²) < 4.78 is 0. The second-order valence-corrected chi connectivity index (χ2v) is 4.81. The lowest BCUT2D eigenvalue weighted by Gasteiger charge is -2.42. The van der Waals surface area contributed by atoms with E-state index in [1.165, 1.54) is 11.3 Å². The fourth-order valence-corrected chi connectivity index (χ4v) is 2.14. The van der Waals surface area contributed by atoms with Crippen LogP contribution in [0.1, 0.15) is 24.3 Å². The molecule has 0 saturated carbocycles. The molecule has 82 valence electrons. The molecule has 5 heteroatoms. The van der Waals surface area contributed by atoms with Crippen molar-refractivity contribution in [3.05, 3.63) is 16.6 Å². The molecule has 1 aromatic heterocycles. The summed E-state index contributed by atoms with van der Waals surface area (Å²) in [7, 11) is 0. The van der Waals surface area contributed by atoms with Crippen molar-refractivity contribution in [3.8, 4) is 0 Å². The van der Waals surface area contributed by atoms with Crippen molar-refractivity contribution in [2.45, 2.75) is 25.9 Å². The smallest absolute Gasteiger partial charge is 0.271 e. The van der Waals surface area contributed by atoms with E-state index >= 15 is 0 Å². The number of aromatic nitrogens is 1. The maximum absolute atomic E-state index is 11.6. The fraction of sp³-hybridized carbons (Fsp3) is 0.600. The SMILES string of the molecule is CC(C)N1CC(NC(=O)c2cscn2)C1. The summed E-state index contributed by atoms with van der Waals surface area (Å²) >= 11 is 1.44. The zero-order chi connectivity index (χ0) is 10.8. The first-order valence-electron chi connectivity index (χ1n) is 5.10. The maximum atomic E-state index is 11.6. The topological polar surface area (TPSA) is 45.2 Å². The molecule has 1 aliphatic heterocycles. The number of thiazole rings is 1. The number of nitrogens with zero attached hydrogens (tertiary/aromatic N) is 2. The lowest BCUT2D eigenvalue weighted by Crippen LogP contribution is -2.61. The second-order valence-electron chi connectivity index (χ2n) is 4.09. The van der Waals surface area contributed by atoms with Gasteiger partial charge < -0.3 is 5.32 Å². The van der Waals surface area contributed by atoms with E-state index in [1.54, 1.807) is 10.9 Å². The van der Waals surface area contributed by atoms with Gasteiger partial charge in [0, 0.05) is 24.5 Å². The van der Waals surface area contributed by atoms with Crippen LogP contribution in [0.3, 0.4) is 0 Å². The van der Waals surface area contributed by atoms with Crippen LogP contribution in [-0.4, -0.2) is 41.0 Å². The molecule has 2 heterocycles. The second kappa shape index (κ2) is 4.28. The third-order valence-corrected chi connectivity index (χ3v) is 3.23. The predicted molar refractivity (Wildman–Crippen MR) is 60.1 cm³/mol. The van der Waals surface area contributed by atoms with Gasteiger partial charge in [-0.05, 0) is 13.8 Å². The highest BCUT2D eigenvalue weighted by Crippen LogP contribution is 2.12. The van der Waals surface area contributed by atoms with Crippen LogP contribution in [-0.2, 0) is 0 Å². The molecule has 4 nitrogen and oxygen atoms in total. The van der Waals surface area contributed by atoms with E-state index in [0.717, 1.165) is 13.1 Å². The standard InChI is InChI=1S/C10H15N3OS/c1-7(2)13-3-8(4-13)12-10(14)9-5-15-6-11-9/h5-8H,3-4H2,1-2H3,(H,12,14). The van der Waals surface area contributed by atoms with Crippen LogP contribution in [0.4, 0.5) is 0 Å². The van der Waals surface area contributed by atoms with Crippen LogP contribution < -0.4 is 5.32 Å².